The van der Waals surface area contributed by atoms with Gasteiger partial charge in [-0.1, -0.05) is 24.3 Å². The zero-order valence-electron chi connectivity index (χ0n) is 9.21. The summed E-state index contributed by atoms with van der Waals surface area (Å²) in [6.07, 6.45) is 0. The number of aromatic carboxylic acids is 1. The van der Waals surface area contributed by atoms with E-state index in [9.17, 15) is 14.7 Å². The van der Waals surface area contributed by atoms with Crippen LogP contribution < -0.4 is 5.63 Å². The van der Waals surface area contributed by atoms with Gasteiger partial charge in [0.2, 0.25) is 0 Å². The van der Waals surface area contributed by atoms with Gasteiger partial charge in [0, 0.05) is 10.8 Å². The summed E-state index contributed by atoms with van der Waals surface area (Å²) in [7, 11) is 0. The Hall–Kier alpha value is -2.62. The largest absolute Gasteiger partial charge is 0.478 e. The quantitative estimate of drug-likeness (QED) is 0.524. The molecule has 0 saturated heterocycles. The van der Waals surface area contributed by atoms with E-state index in [1.807, 2.05) is 0 Å². The first-order valence-electron chi connectivity index (χ1n) is 5.36. The van der Waals surface area contributed by atoms with Crippen molar-refractivity contribution in [2.45, 2.75) is 0 Å². The number of carbonyl (C=O) groups is 1. The fraction of sp³-hybridized carbons (Fsp3) is 0. The lowest BCUT2D eigenvalue weighted by Crippen LogP contribution is -2.03. The Labute approximate surface area is 101 Å². The topological polar surface area (TPSA) is 67.5 Å². The summed E-state index contributed by atoms with van der Waals surface area (Å²) in [4.78, 5) is 23.0. The van der Waals surface area contributed by atoms with Gasteiger partial charge >= 0.3 is 11.6 Å². The lowest BCUT2D eigenvalue weighted by atomic mass is 10.0. The molecule has 0 aliphatic carbocycles. The predicted octanol–water partition coefficient (Wildman–Crippen LogP) is 2.64. The van der Waals surface area contributed by atoms with Gasteiger partial charge in [-0.05, 0) is 18.2 Å². The van der Waals surface area contributed by atoms with E-state index in [-0.39, 0.29) is 5.56 Å². The van der Waals surface area contributed by atoms with Crippen LogP contribution in [0.5, 0.6) is 0 Å². The van der Waals surface area contributed by atoms with Crippen LogP contribution in [0.2, 0.25) is 0 Å². The van der Waals surface area contributed by atoms with E-state index in [0.717, 1.165) is 0 Å². The lowest BCUT2D eigenvalue weighted by molar-refractivity contribution is 0.0699. The van der Waals surface area contributed by atoms with E-state index in [0.29, 0.717) is 21.7 Å². The van der Waals surface area contributed by atoms with Crippen molar-refractivity contribution in [2.24, 2.45) is 0 Å². The highest BCUT2D eigenvalue weighted by atomic mass is 16.4. The predicted molar refractivity (Wildman–Crippen MR) is 66.9 cm³/mol. The Bertz CT molecular complexity index is 830. The molecule has 0 aliphatic rings. The molecule has 0 aliphatic heterocycles. The monoisotopic (exact) mass is 240 g/mol. The van der Waals surface area contributed by atoms with Crippen molar-refractivity contribution in [1.29, 1.82) is 0 Å². The molecule has 3 rings (SSSR count). The van der Waals surface area contributed by atoms with Crippen molar-refractivity contribution in [3.8, 4) is 0 Å². The van der Waals surface area contributed by atoms with Crippen LogP contribution in [0.25, 0.3) is 21.7 Å². The van der Waals surface area contributed by atoms with E-state index in [4.69, 9.17) is 4.42 Å². The normalized spacial score (nSPS) is 10.9. The number of fused-ring (bicyclic) bond motifs is 3. The first kappa shape index (κ1) is 10.5. The summed E-state index contributed by atoms with van der Waals surface area (Å²) in [6.45, 7) is 0. The van der Waals surface area contributed by atoms with Crippen LogP contribution in [0.4, 0.5) is 0 Å². The van der Waals surface area contributed by atoms with Crippen LogP contribution >= 0.6 is 0 Å². The molecule has 4 nitrogen and oxygen atoms in total. The van der Waals surface area contributed by atoms with Gasteiger partial charge in [0.15, 0.2) is 0 Å². The molecule has 88 valence electrons. The number of carboxylic acids is 1. The molecular weight excluding hydrogens is 232 g/mol. The van der Waals surface area contributed by atoms with Crippen LogP contribution in [0, 0.1) is 0 Å². The Balaban J connectivity index is 2.67. The summed E-state index contributed by atoms with van der Waals surface area (Å²) < 4.78 is 5.15. The van der Waals surface area contributed by atoms with Crippen molar-refractivity contribution >= 4 is 27.7 Å². The highest BCUT2D eigenvalue weighted by Crippen LogP contribution is 2.25. The molecule has 4 heteroatoms. The van der Waals surface area contributed by atoms with E-state index < -0.39 is 11.6 Å². The second-order valence-electron chi connectivity index (χ2n) is 3.92. The average molecular weight is 240 g/mol. The van der Waals surface area contributed by atoms with Gasteiger partial charge in [0.1, 0.15) is 5.58 Å². The Morgan fingerprint density at radius 2 is 1.72 bits per heavy atom. The maximum absolute atomic E-state index is 11.8. The highest BCUT2D eigenvalue weighted by Gasteiger charge is 2.14. The second-order valence-corrected chi connectivity index (χ2v) is 3.92. The standard InChI is InChI=1S/C14H8O4/c15-13(16)10-6-3-7-11-12(10)8-4-1-2-5-9(8)14(17)18-11/h1-7H,(H,15,16). The minimum absolute atomic E-state index is 0.132. The molecule has 0 bridgehead atoms. The Morgan fingerprint density at radius 3 is 2.44 bits per heavy atom. The lowest BCUT2D eigenvalue weighted by Gasteiger charge is -2.04. The van der Waals surface area contributed by atoms with Gasteiger partial charge < -0.3 is 9.52 Å². The smallest absolute Gasteiger partial charge is 0.344 e. The number of benzene rings is 2. The molecule has 0 amide bonds. The van der Waals surface area contributed by atoms with Crippen LogP contribution in [0.1, 0.15) is 10.4 Å². The molecule has 0 saturated carbocycles. The SMILES string of the molecule is O=C(O)c1cccc2oc(=O)c3ccccc3c12. The maximum Gasteiger partial charge on any atom is 0.344 e. The summed E-state index contributed by atoms with van der Waals surface area (Å²) in [5.41, 5.74) is -0.0355. The molecule has 0 fully saturated rings. The molecule has 0 atom stereocenters. The van der Waals surface area contributed by atoms with Gasteiger partial charge in [-0.15, -0.1) is 0 Å². The van der Waals surface area contributed by atoms with Crippen LogP contribution in [-0.2, 0) is 0 Å². The minimum atomic E-state index is -1.04. The third-order valence-electron chi connectivity index (χ3n) is 2.88. The molecule has 1 aromatic heterocycles. The van der Waals surface area contributed by atoms with Crippen molar-refractivity contribution in [3.63, 3.8) is 0 Å². The van der Waals surface area contributed by atoms with Gasteiger partial charge in [-0.3, -0.25) is 0 Å². The van der Waals surface area contributed by atoms with Crippen molar-refractivity contribution in [1.82, 2.24) is 0 Å². The first-order valence-corrected chi connectivity index (χ1v) is 5.36. The Morgan fingerprint density at radius 1 is 1.00 bits per heavy atom. The highest BCUT2D eigenvalue weighted by molar-refractivity contribution is 6.13. The molecule has 0 unspecified atom stereocenters. The molecule has 2 aromatic carbocycles. The van der Waals surface area contributed by atoms with Gasteiger partial charge in [0.25, 0.3) is 0 Å². The van der Waals surface area contributed by atoms with Crippen LogP contribution in [0.3, 0.4) is 0 Å². The van der Waals surface area contributed by atoms with Crippen LogP contribution in [0.15, 0.2) is 51.7 Å². The van der Waals surface area contributed by atoms with E-state index in [2.05, 4.69) is 0 Å². The zero-order chi connectivity index (χ0) is 12.7. The average Bonchev–Trinajstić information content (AvgIpc) is 2.38. The van der Waals surface area contributed by atoms with Gasteiger partial charge in [0.05, 0.1) is 10.9 Å². The molecule has 3 aromatic rings. The van der Waals surface area contributed by atoms with Crippen molar-refractivity contribution < 1.29 is 14.3 Å². The summed E-state index contributed by atoms with van der Waals surface area (Å²) in [5.74, 6) is -1.04. The number of hydrogen-bond donors (Lipinski definition) is 1. The van der Waals surface area contributed by atoms with E-state index in [1.165, 1.54) is 6.07 Å². The molecule has 0 spiro atoms. The third kappa shape index (κ3) is 1.39. The van der Waals surface area contributed by atoms with E-state index in [1.54, 1.807) is 36.4 Å². The van der Waals surface area contributed by atoms with Crippen molar-refractivity contribution in [2.75, 3.05) is 0 Å². The zero-order valence-corrected chi connectivity index (χ0v) is 9.21. The number of hydrogen-bond acceptors (Lipinski definition) is 3. The van der Waals surface area contributed by atoms with Crippen LogP contribution in [-0.4, -0.2) is 11.1 Å². The molecule has 18 heavy (non-hydrogen) atoms. The fourth-order valence-corrected chi connectivity index (χ4v) is 2.11. The summed E-state index contributed by atoms with van der Waals surface area (Å²) in [6, 6.07) is 11.5. The second kappa shape index (κ2) is 3.70. The van der Waals surface area contributed by atoms with E-state index >= 15 is 0 Å². The van der Waals surface area contributed by atoms with Gasteiger partial charge in [-0.25, -0.2) is 9.59 Å². The Kier molecular flexibility index (Phi) is 2.16. The van der Waals surface area contributed by atoms with Gasteiger partial charge in [-0.2, -0.15) is 0 Å². The van der Waals surface area contributed by atoms with Crippen molar-refractivity contribution in [3.05, 3.63) is 58.4 Å². The first-order chi connectivity index (χ1) is 8.68. The minimum Gasteiger partial charge on any atom is -0.478 e. The number of carboxylic acid groups (broad SMARTS) is 1. The fourth-order valence-electron chi connectivity index (χ4n) is 2.11. The molecule has 1 N–H and O–H groups in total. The number of rotatable bonds is 1. The molecule has 0 radical (unpaired) electrons. The summed E-state index contributed by atoms with van der Waals surface area (Å²) >= 11 is 0. The summed E-state index contributed by atoms with van der Waals surface area (Å²) in [5, 5.41) is 10.6. The molecular formula is C14H8O4. The molecule has 1 heterocycles. The maximum atomic E-state index is 11.8. The third-order valence-corrected chi connectivity index (χ3v) is 2.88.